The van der Waals surface area contributed by atoms with Gasteiger partial charge >= 0.3 is 0 Å². The number of hydrogen-bond acceptors (Lipinski definition) is 6. The fourth-order valence-corrected chi connectivity index (χ4v) is 4.46. The Hall–Kier alpha value is -2.30. The van der Waals surface area contributed by atoms with Crippen LogP contribution in [0.2, 0.25) is 0 Å². The van der Waals surface area contributed by atoms with E-state index in [9.17, 15) is 18.3 Å². The van der Waals surface area contributed by atoms with Gasteiger partial charge in [0.25, 0.3) is 10.2 Å². The molecule has 31 heavy (non-hydrogen) atoms. The minimum atomic E-state index is -3.40. The van der Waals surface area contributed by atoms with Crippen LogP contribution < -0.4 is 4.74 Å². The third-order valence-corrected chi connectivity index (χ3v) is 7.12. The van der Waals surface area contributed by atoms with Crippen molar-refractivity contribution < 1.29 is 23.1 Å². The van der Waals surface area contributed by atoms with Crippen LogP contribution in [0.25, 0.3) is 0 Å². The van der Waals surface area contributed by atoms with Crippen LogP contribution in [-0.2, 0) is 10.2 Å². The second kappa shape index (κ2) is 10.3. The van der Waals surface area contributed by atoms with Gasteiger partial charge < -0.3 is 9.84 Å². The zero-order chi connectivity index (χ0) is 22.4. The van der Waals surface area contributed by atoms with Crippen LogP contribution in [0.4, 0.5) is 0 Å². The van der Waals surface area contributed by atoms with Crippen LogP contribution >= 0.6 is 0 Å². The van der Waals surface area contributed by atoms with E-state index in [4.69, 9.17) is 4.74 Å². The van der Waals surface area contributed by atoms with Crippen LogP contribution in [0, 0.1) is 0 Å². The molecule has 0 aliphatic carbocycles. The lowest BCUT2D eigenvalue weighted by Crippen LogP contribution is -2.53. The Labute approximate surface area is 183 Å². The predicted molar refractivity (Wildman–Crippen MR) is 118 cm³/mol. The highest BCUT2D eigenvalue weighted by atomic mass is 32.2. The molecule has 0 aromatic heterocycles. The smallest absolute Gasteiger partial charge is 0.281 e. The third kappa shape index (κ3) is 6.11. The minimum Gasteiger partial charge on any atom is -0.491 e. The third-order valence-electron chi connectivity index (χ3n) is 5.18. The van der Waals surface area contributed by atoms with E-state index in [-0.39, 0.29) is 12.4 Å². The van der Waals surface area contributed by atoms with Gasteiger partial charge in [-0.2, -0.15) is 17.0 Å². The predicted octanol–water partition coefficient (Wildman–Crippen LogP) is 1.08. The summed E-state index contributed by atoms with van der Waals surface area (Å²) in [6.45, 7) is 2.42. The molecule has 2 aromatic carbocycles. The standard InChI is InChI=1S/C22H29N3O5S/c1-23(2)31(28,29)25-14-12-24(13-15-25)16-20(26)17-30-21-10-8-19(9-11-21)22(27)18-6-4-3-5-7-18/h3-11,20,26H,12-17H2,1-2H3/t20-/m0/s1. The van der Waals surface area contributed by atoms with Crippen molar-refractivity contribution in [1.82, 2.24) is 13.5 Å². The summed E-state index contributed by atoms with van der Waals surface area (Å²) in [5.41, 5.74) is 1.20. The number of β-amino-alcohol motifs (C(OH)–C–C–N with tert-alkyl or cyclic N) is 1. The van der Waals surface area contributed by atoms with E-state index in [1.54, 1.807) is 36.4 Å². The fraction of sp³-hybridized carbons (Fsp3) is 0.409. The number of ketones is 1. The fourth-order valence-electron chi connectivity index (χ4n) is 3.38. The van der Waals surface area contributed by atoms with Crippen LogP contribution in [-0.4, -0.2) is 92.3 Å². The van der Waals surface area contributed by atoms with E-state index in [1.165, 1.54) is 22.7 Å². The van der Waals surface area contributed by atoms with Gasteiger partial charge in [-0.1, -0.05) is 30.3 Å². The summed E-state index contributed by atoms with van der Waals surface area (Å²) in [6.07, 6.45) is -0.706. The SMILES string of the molecule is CN(C)S(=O)(=O)N1CCN(C[C@H](O)COc2ccc(C(=O)c3ccccc3)cc2)CC1. The molecule has 0 spiro atoms. The number of aliphatic hydroxyl groups is 1. The number of ether oxygens (including phenoxy) is 1. The van der Waals surface area contributed by atoms with E-state index in [2.05, 4.69) is 0 Å². The Morgan fingerprint density at radius 2 is 1.58 bits per heavy atom. The van der Waals surface area contributed by atoms with Gasteiger partial charge in [-0.25, -0.2) is 0 Å². The van der Waals surface area contributed by atoms with Gasteiger partial charge in [-0.3, -0.25) is 9.69 Å². The molecular weight excluding hydrogens is 418 g/mol. The lowest BCUT2D eigenvalue weighted by atomic mass is 10.0. The summed E-state index contributed by atoms with van der Waals surface area (Å²) in [6, 6.07) is 15.9. The average Bonchev–Trinajstić information content (AvgIpc) is 2.78. The molecule has 0 bridgehead atoms. The molecule has 168 valence electrons. The molecule has 3 rings (SSSR count). The maximum atomic E-state index is 12.4. The normalized spacial score (nSPS) is 16.9. The van der Waals surface area contributed by atoms with E-state index < -0.39 is 16.3 Å². The summed E-state index contributed by atoms with van der Waals surface area (Å²) in [5.74, 6) is 0.521. The number of rotatable bonds is 9. The highest BCUT2D eigenvalue weighted by Gasteiger charge is 2.29. The van der Waals surface area contributed by atoms with E-state index in [1.807, 2.05) is 23.1 Å². The molecule has 1 saturated heterocycles. The van der Waals surface area contributed by atoms with Crippen molar-refractivity contribution in [3.63, 3.8) is 0 Å². The highest BCUT2D eigenvalue weighted by Crippen LogP contribution is 2.16. The second-order valence-corrected chi connectivity index (χ2v) is 9.82. The molecule has 2 aromatic rings. The van der Waals surface area contributed by atoms with Gasteiger partial charge in [0.05, 0.1) is 0 Å². The first-order valence-corrected chi connectivity index (χ1v) is 11.6. The van der Waals surface area contributed by atoms with Gasteiger partial charge in [0.15, 0.2) is 5.78 Å². The Bertz CT molecular complexity index is 956. The molecule has 8 nitrogen and oxygen atoms in total. The van der Waals surface area contributed by atoms with Gasteiger partial charge in [0.2, 0.25) is 0 Å². The summed E-state index contributed by atoms with van der Waals surface area (Å²) < 4.78 is 32.6. The zero-order valence-electron chi connectivity index (χ0n) is 17.8. The first kappa shape index (κ1) is 23.4. The van der Waals surface area contributed by atoms with Crippen molar-refractivity contribution in [2.45, 2.75) is 6.10 Å². The molecule has 9 heteroatoms. The molecular formula is C22H29N3O5S. The maximum absolute atomic E-state index is 12.4. The molecule has 0 saturated carbocycles. The van der Waals surface area contributed by atoms with Gasteiger partial charge in [-0.05, 0) is 24.3 Å². The van der Waals surface area contributed by atoms with Crippen LogP contribution in [0.1, 0.15) is 15.9 Å². The number of nitrogens with zero attached hydrogens (tertiary/aromatic N) is 3. The van der Waals surface area contributed by atoms with E-state index in [0.29, 0.717) is 49.6 Å². The van der Waals surface area contributed by atoms with Crippen molar-refractivity contribution in [2.24, 2.45) is 0 Å². The van der Waals surface area contributed by atoms with Gasteiger partial charge in [-0.15, -0.1) is 0 Å². The zero-order valence-corrected chi connectivity index (χ0v) is 18.7. The Morgan fingerprint density at radius 3 is 2.16 bits per heavy atom. The maximum Gasteiger partial charge on any atom is 0.281 e. The number of benzene rings is 2. The molecule has 1 atom stereocenters. The Kier molecular flexibility index (Phi) is 7.79. The average molecular weight is 448 g/mol. The summed E-state index contributed by atoms with van der Waals surface area (Å²) >= 11 is 0. The molecule has 1 fully saturated rings. The van der Waals surface area contributed by atoms with Gasteiger partial charge in [0.1, 0.15) is 18.5 Å². The Balaban J connectivity index is 1.44. The quantitative estimate of drug-likeness (QED) is 0.579. The van der Waals surface area contributed by atoms with Crippen molar-refractivity contribution in [2.75, 3.05) is 53.4 Å². The van der Waals surface area contributed by atoms with E-state index in [0.717, 1.165) is 0 Å². The lowest BCUT2D eigenvalue weighted by Gasteiger charge is -2.35. The van der Waals surface area contributed by atoms with E-state index >= 15 is 0 Å². The molecule has 1 N–H and O–H groups in total. The number of piperazine rings is 1. The largest absolute Gasteiger partial charge is 0.491 e. The summed E-state index contributed by atoms with van der Waals surface area (Å²) in [5, 5.41) is 10.3. The number of carbonyl (C=O) groups is 1. The van der Waals surface area contributed by atoms with Crippen LogP contribution in [0.3, 0.4) is 0 Å². The molecule has 0 radical (unpaired) electrons. The molecule has 1 aliphatic rings. The number of aliphatic hydroxyl groups excluding tert-OH is 1. The molecule has 0 amide bonds. The highest BCUT2D eigenvalue weighted by molar-refractivity contribution is 7.86. The summed E-state index contributed by atoms with van der Waals surface area (Å²) in [7, 11) is -0.355. The molecule has 1 aliphatic heterocycles. The number of hydrogen-bond donors (Lipinski definition) is 1. The van der Waals surface area contributed by atoms with Crippen molar-refractivity contribution in [1.29, 1.82) is 0 Å². The Morgan fingerprint density at radius 1 is 1.00 bits per heavy atom. The van der Waals surface area contributed by atoms with Gasteiger partial charge in [0, 0.05) is 57.9 Å². The summed E-state index contributed by atoms with van der Waals surface area (Å²) in [4.78, 5) is 14.5. The first-order valence-electron chi connectivity index (χ1n) is 10.2. The van der Waals surface area contributed by atoms with Crippen molar-refractivity contribution in [3.05, 3.63) is 65.7 Å². The number of carbonyl (C=O) groups excluding carboxylic acids is 1. The second-order valence-electron chi connectivity index (χ2n) is 7.67. The minimum absolute atomic E-state index is 0.0531. The van der Waals surface area contributed by atoms with Crippen molar-refractivity contribution >= 4 is 16.0 Å². The van der Waals surface area contributed by atoms with Crippen molar-refractivity contribution in [3.8, 4) is 5.75 Å². The first-order chi connectivity index (χ1) is 14.8. The monoisotopic (exact) mass is 447 g/mol. The molecule has 0 unspecified atom stereocenters. The van der Waals surface area contributed by atoms with Crippen LogP contribution in [0.5, 0.6) is 5.75 Å². The molecule has 1 heterocycles. The van der Waals surface area contributed by atoms with Crippen LogP contribution in [0.15, 0.2) is 54.6 Å². The topological polar surface area (TPSA) is 90.4 Å². The lowest BCUT2D eigenvalue weighted by molar-refractivity contribution is 0.0564.